The maximum atomic E-state index is 13.4. The van der Waals surface area contributed by atoms with Crippen molar-refractivity contribution >= 4 is 5.91 Å². The molecule has 34 heavy (non-hydrogen) atoms. The highest BCUT2D eigenvalue weighted by molar-refractivity contribution is 5.79. The molecular weight excluding hydrogens is 428 g/mol. The molecular formula is C28H38N2O4. The predicted octanol–water partition coefficient (Wildman–Crippen LogP) is 4.41. The summed E-state index contributed by atoms with van der Waals surface area (Å²) in [6.45, 7) is 4.28. The Morgan fingerprint density at radius 2 is 1.62 bits per heavy atom. The summed E-state index contributed by atoms with van der Waals surface area (Å²) in [5.74, 6) is 3.06. The van der Waals surface area contributed by atoms with Crippen molar-refractivity contribution in [1.29, 1.82) is 0 Å². The number of ether oxygens (including phenoxy) is 3. The van der Waals surface area contributed by atoms with Crippen LogP contribution in [0.3, 0.4) is 0 Å². The van der Waals surface area contributed by atoms with Crippen LogP contribution in [0.4, 0.5) is 0 Å². The first-order valence-electron chi connectivity index (χ1n) is 12.5. The van der Waals surface area contributed by atoms with Crippen LogP contribution < -0.4 is 14.2 Å². The molecule has 6 nitrogen and oxygen atoms in total. The van der Waals surface area contributed by atoms with Crippen molar-refractivity contribution in [2.24, 2.45) is 11.8 Å². The number of likely N-dealkylation sites (tertiary alicyclic amines) is 2. The summed E-state index contributed by atoms with van der Waals surface area (Å²) in [4.78, 5) is 17.9. The van der Waals surface area contributed by atoms with Crippen LogP contribution in [-0.2, 0) is 17.8 Å². The van der Waals surface area contributed by atoms with Crippen molar-refractivity contribution in [3.63, 3.8) is 0 Å². The van der Waals surface area contributed by atoms with E-state index in [2.05, 4.69) is 40.1 Å². The van der Waals surface area contributed by atoms with E-state index in [1.807, 2.05) is 12.1 Å². The second kappa shape index (κ2) is 11.6. The molecule has 2 saturated heterocycles. The van der Waals surface area contributed by atoms with E-state index in [4.69, 9.17) is 14.2 Å². The lowest BCUT2D eigenvalue weighted by atomic mass is 9.89. The van der Waals surface area contributed by atoms with Crippen LogP contribution in [0.1, 0.15) is 36.8 Å². The highest BCUT2D eigenvalue weighted by Crippen LogP contribution is 2.40. The molecule has 0 aromatic heterocycles. The van der Waals surface area contributed by atoms with E-state index >= 15 is 0 Å². The summed E-state index contributed by atoms with van der Waals surface area (Å²) in [5.41, 5.74) is 2.45. The van der Waals surface area contributed by atoms with Gasteiger partial charge in [0, 0.05) is 31.7 Å². The van der Waals surface area contributed by atoms with Gasteiger partial charge in [-0.3, -0.25) is 9.69 Å². The second-order valence-electron chi connectivity index (χ2n) is 9.53. The van der Waals surface area contributed by atoms with E-state index in [1.165, 1.54) is 5.56 Å². The number of amides is 1. The topological polar surface area (TPSA) is 51.2 Å². The van der Waals surface area contributed by atoms with Crippen LogP contribution in [0.5, 0.6) is 17.2 Å². The van der Waals surface area contributed by atoms with Gasteiger partial charge in [-0.05, 0) is 56.2 Å². The third-order valence-electron chi connectivity index (χ3n) is 7.33. The summed E-state index contributed by atoms with van der Waals surface area (Å²) < 4.78 is 16.6. The summed E-state index contributed by atoms with van der Waals surface area (Å²) >= 11 is 0. The van der Waals surface area contributed by atoms with Crippen molar-refractivity contribution in [2.45, 2.75) is 38.6 Å². The first kappa shape index (κ1) is 24.4. The number of nitrogens with zero attached hydrogens (tertiary/aromatic N) is 2. The van der Waals surface area contributed by atoms with E-state index in [0.717, 1.165) is 70.4 Å². The minimum Gasteiger partial charge on any atom is -0.493 e. The van der Waals surface area contributed by atoms with E-state index in [1.54, 1.807) is 21.3 Å². The summed E-state index contributed by atoms with van der Waals surface area (Å²) in [6.07, 6.45) is 5.33. The SMILES string of the molecule is COc1ccc(CN2CCC[C@@H](C(=O)N3CCC(Cc4ccccc4)CC3)C2)c(OC)c1OC. The normalized spacial score (nSPS) is 19.6. The zero-order valence-electron chi connectivity index (χ0n) is 20.8. The quantitative estimate of drug-likeness (QED) is 0.577. The fraction of sp³-hybridized carbons (Fsp3) is 0.536. The first-order valence-corrected chi connectivity index (χ1v) is 12.5. The zero-order valence-corrected chi connectivity index (χ0v) is 20.8. The van der Waals surface area contributed by atoms with Gasteiger partial charge < -0.3 is 19.1 Å². The summed E-state index contributed by atoms with van der Waals surface area (Å²) in [5, 5.41) is 0. The second-order valence-corrected chi connectivity index (χ2v) is 9.53. The number of hydrogen-bond donors (Lipinski definition) is 0. The van der Waals surface area contributed by atoms with Gasteiger partial charge in [0.15, 0.2) is 11.5 Å². The minimum absolute atomic E-state index is 0.0746. The Bertz CT molecular complexity index is 941. The molecule has 2 heterocycles. The van der Waals surface area contributed by atoms with Crippen LogP contribution in [0.25, 0.3) is 0 Å². The molecule has 184 valence electrons. The van der Waals surface area contributed by atoms with Crippen LogP contribution >= 0.6 is 0 Å². The average Bonchev–Trinajstić information content (AvgIpc) is 2.89. The average molecular weight is 467 g/mol. The molecule has 2 aliphatic heterocycles. The van der Waals surface area contributed by atoms with Crippen LogP contribution in [-0.4, -0.2) is 63.2 Å². The van der Waals surface area contributed by atoms with Gasteiger partial charge in [-0.2, -0.15) is 0 Å². The van der Waals surface area contributed by atoms with E-state index in [9.17, 15) is 4.79 Å². The van der Waals surface area contributed by atoms with Crippen molar-refractivity contribution in [3.8, 4) is 17.2 Å². The Kier molecular flexibility index (Phi) is 8.33. The molecule has 1 amide bonds. The first-order chi connectivity index (χ1) is 16.6. The molecule has 0 unspecified atom stereocenters. The molecule has 0 saturated carbocycles. The van der Waals surface area contributed by atoms with E-state index < -0.39 is 0 Å². The molecule has 2 aromatic rings. The number of carbonyl (C=O) groups is 1. The Labute approximate surface area is 203 Å². The van der Waals surface area contributed by atoms with Crippen LogP contribution in [0.15, 0.2) is 42.5 Å². The Balaban J connectivity index is 1.33. The molecule has 2 aromatic carbocycles. The Morgan fingerprint density at radius 1 is 0.882 bits per heavy atom. The number of carbonyl (C=O) groups excluding carboxylic acids is 1. The lowest BCUT2D eigenvalue weighted by Crippen LogP contribution is -2.47. The molecule has 0 spiro atoms. The highest BCUT2D eigenvalue weighted by Gasteiger charge is 2.32. The third-order valence-corrected chi connectivity index (χ3v) is 7.33. The van der Waals surface area contributed by atoms with Gasteiger partial charge in [0.1, 0.15) is 0 Å². The lowest BCUT2D eigenvalue weighted by molar-refractivity contribution is -0.138. The molecule has 0 aliphatic carbocycles. The van der Waals surface area contributed by atoms with E-state index in [-0.39, 0.29) is 5.92 Å². The fourth-order valence-electron chi connectivity index (χ4n) is 5.49. The van der Waals surface area contributed by atoms with Gasteiger partial charge in [-0.25, -0.2) is 0 Å². The predicted molar refractivity (Wildman–Crippen MR) is 134 cm³/mol. The number of hydrogen-bond acceptors (Lipinski definition) is 5. The van der Waals surface area contributed by atoms with Crippen LogP contribution in [0, 0.1) is 11.8 Å². The number of piperidine rings is 2. The standard InChI is InChI=1S/C28H38N2O4/c1-32-25-12-11-23(26(33-2)27(25)34-3)19-29-15-7-10-24(20-29)28(31)30-16-13-22(14-17-30)18-21-8-5-4-6-9-21/h4-6,8-9,11-12,22,24H,7,10,13-20H2,1-3H3/t24-/m1/s1. The maximum Gasteiger partial charge on any atom is 0.226 e. The van der Waals surface area contributed by atoms with Gasteiger partial charge in [-0.15, -0.1) is 0 Å². The lowest BCUT2D eigenvalue weighted by Gasteiger charge is -2.38. The fourth-order valence-corrected chi connectivity index (χ4v) is 5.49. The summed E-state index contributed by atoms with van der Waals surface area (Å²) in [7, 11) is 4.91. The molecule has 0 bridgehead atoms. The number of rotatable bonds is 8. The Morgan fingerprint density at radius 3 is 2.29 bits per heavy atom. The molecule has 2 aliphatic rings. The zero-order chi connectivity index (χ0) is 23.9. The number of methoxy groups -OCH3 is 3. The molecule has 6 heteroatoms. The number of benzene rings is 2. The van der Waals surface area contributed by atoms with Gasteiger partial charge >= 0.3 is 0 Å². The van der Waals surface area contributed by atoms with E-state index in [0.29, 0.717) is 29.1 Å². The molecule has 0 N–H and O–H groups in total. The van der Waals surface area contributed by atoms with Gasteiger partial charge in [-0.1, -0.05) is 36.4 Å². The highest BCUT2D eigenvalue weighted by atomic mass is 16.5. The van der Waals surface area contributed by atoms with Gasteiger partial charge in [0.05, 0.1) is 27.2 Å². The Hall–Kier alpha value is -2.73. The van der Waals surface area contributed by atoms with Crippen LogP contribution in [0.2, 0.25) is 0 Å². The molecule has 0 radical (unpaired) electrons. The monoisotopic (exact) mass is 466 g/mol. The molecule has 1 atom stereocenters. The third kappa shape index (κ3) is 5.66. The minimum atomic E-state index is 0.0746. The molecule has 4 rings (SSSR count). The van der Waals surface area contributed by atoms with Crippen molar-refractivity contribution in [1.82, 2.24) is 9.80 Å². The maximum absolute atomic E-state index is 13.4. The van der Waals surface area contributed by atoms with Crippen molar-refractivity contribution in [3.05, 3.63) is 53.6 Å². The van der Waals surface area contributed by atoms with Gasteiger partial charge in [0.25, 0.3) is 0 Å². The largest absolute Gasteiger partial charge is 0.493 e. The molecule has 2 fully saturated rings. The summed E-state index contributed by atoms with van der Waals surface area (Å²) in [6, 6.07) is 14.7. The van der Waals surface area contributed by atoms with Gasteiger partial charge in [0.2, 0.25) is 11.7 Å². The van der Waals surface area contributed by atoms with Crippen molar-refractivity contribution < 1.29 is 19.0 Å². The van der Waals surface area contributed by atoms with Crippen molar-refractivity contribution in [2.75, 3.05) is 47.5 Å². The smallest absolute Gasteiger partial charge is 0.226 e.